The van der Waals surface area contributed by atoms with Gasteiger partial charge in [0.1, 0.15) is 0 Å². The maximum atomic E-state index is 2.60. The first kappa shape index (κ1) is 16.9. The molecule has 2 aromatic rings. The van der Waals surface area contributed by atoms with Gasteiger partial charge < -0.3 is 0 Å². The summed E-state index contributed by atoms with van der Waals surface area (Å²) in [5.74, 6) is 0. The summed E-state index contributed by atoms with van der Waals surface area (Å²) in [5, 5.41) is 0. The zero-order valence-corrected chi connectivity index (χ0v) is 17.6. The number of hydrogen-bond acceptors (Lipinski definition) is 1. The van der Waals surface area contributed by atoms with Gasteiger partial charge in [-0.25, -0.2) is 0 Å². The predicted molar refractivity (Wildman–Crippen MR) is 115 cm³/mol. The minimum absolute atomic E-state index is 0.606. The lowest BCUT2D eigenvalue weighted by molar-refractivity contribution is 0.966. The molecule has 0 nitrogen and oxygen atoms in total. The summed E-state index contributed by atoms with van der Waals surface area (Å²) in [5.41, 5.74) is 10.4. The molecule has 128 valence electrons. The quantitative estimate of drug-likeness (QED) is 0.423. The van der Waals surface area contributed by atoms with Gasteiger partial charge in [0, 0.05) is 16.0 Å². The molecule has 0 fully saturated rings. The topological polar surface area (TPSA) is 0 Å². The standard InChI is InChI=1S/C23H26SSi/c1-15-13-17-9-6-7-10-18(17)22(15)25(4,5)23-16(2)14-20-19(23)11-8-12-21(20)24-3/h6-14,22-23H,1-5H3. The van der Waals surface area contributed by atoms with Crippen molar-refractivity contribution in [3.05, 3.63) is 75.9 Å². The second-order valence-corrected chi connectivity index (χ2v) is 13.7. The lowest BCUT2D eigenvalue weighted by atomic mass is 10.1. The number of thioether (sulfide) groups is 1. The molecular weight excluding hydrogens is 336 g/mol. The molecule has 0 saturated heterocycles. The first-order chi connectivity index (χ1) is 11.9. The smallest absolute Gasteiger partial charge is 0.0722 e. The highest BCUT2D eigenvalue weighted by Crippen LogP contribution is 2.52. The molecule has 25 heavy (non-hydrogen) atoms. The average Bonchev–Trinajstić information content (AvgIpc) is 3.10. The van der Waals surface area contributed by atoms with E-state index in [4.69, 9.17) is 0 Å². The van der Waals surface area contributed by atoms with E-state index in [1.807, 2.05) is 11.8 Å². The number of hydrogen-bond donors (Lipinski definition) is 0. The van der Waals surface area contributed by atoms with Gasteiger partial charge in [0.2, 0.25) is 0 Å². The van der Waals surface area contributed by atoms with Crippen LogP contribution in [0.4, 0.5) is 0 Å². The second-order valence-electron chi connectivity index (χ2n) is 8.06. The van der Waals surface area contributed by atoms with Crippen molar-refractivity contribution in [2.45, 2.75) is 42.9 Å². The third kappa shape index (κ3) is 2.50. The average molecular weight is 363 g/mol. The van der Waals surface area contributed by atoms with Gasteiger partial charge in [-0.15, -0.1) is 11.8 Å². The third-order valence-corrected chi connectivity index (χ3v) is 11.4. The molecule has 0 saturated carbocycles. The van der Waals surface area contributed by atoms with Crippen LogP contribution in [0.2, 0.25) is 13.1 Å². The van der Waals surface area contributed by atoms with Crippen LogP contribution in [0.1, 0.15) is 47.2 Å². The maximum absolute atomic E-state index is 2.60. The highest BCUT2D eigenvalue weighted by molar-refractivity contribution is 7.98. The Balaban J connectivity index is 1.84. The van der Waals surface area contributed by atoms with Crippen molar-refractivity contribution in [3.8, 4) is 0 Å². The minimum atomic E-state index is -1.65. The lowest BCUT2D eigenvalue weighted by Gasteiger charge is -2.39. The second kappa shape index (κ2) is 6.03. The summed E-state index contributed by atoms with van der Waals surface area (Å²) in [7, 11) is -1.65. The molecule has 2 aliphatic carbocycles. The van der Waals surface area contributed by atoms with Crippen LogP contribution in [-0.4, -0.2) is 14.3 Å². The van der Waals surface area contributed by atoms with Gasteiger partial charge >= 0.3 is 0 Å². The molecule has 0 N–H and O–H groups in total. The van der Waals surface area contributed by atoms with E-state index >= 15 is 0 Å². The van der Waals surface area contributed by atoms with Gasteiger partial charge in [-0.1, -0.05) is 72.8 Å². The van der Waals surface area contributed by atoms with Gasteiger partial charge in [-0.3, -0.25) is 0 Å². The van der Waals surface area contributed by atoms with E-state index in [0.29, 0.717) is 11.1 Å². The fourth-order valence-corrected chi connectivity index (χ4v) is 10.9. The molecular formula is C23H26SSi. The first-order valence-corrected chi connectivity index (χ1v) is 13.4. The van der Waals surface area contributed by atoms with Gasteiger partial charge in [0.15, 0.2) is 0 Å². The Morgan fingerprint density at radius 2 is 1.44 bits per heavy atom. The van der Waals surface area contributed by atoms with Crippen molar-refractivity contribution in [1.82, 2.24) is 0 Å². The molecule has 2 aromatic carbocycles. The van der Waals surface area contributed by atoms with Crippen molar-refractivity contribution >= 4 is 32.0 Å². The van der Waals surface area contributed by atoms with E-state index in [2.05, 4.69) is 87.8 Å². The molecule has 0 spiro atoms. The van der Waals surface area contributed by atoms with Crippen molar-refractivity contribution in [3.63, 3.8) is 0 Å². The van der Waals surface area contributed by atoms with Crippen LogP contribution < -0.4 is 0 Å². The SMILES string of the molecule is CSc1cccc2c1C=C(C)C2[Si](C)(C)C1C(C)=Cc2ccccc21. The van der Waals surface area contributed by atoms with Crippen molar-refractivity contribution in [2.75, 3.05) is 6.26 Å². The largest absolute Gasteiger partial charge is 0.129 e. The van der Waals surface area contributed by atoms with Crippen LogP contribution in [-0.2, 0) is 0 Å². The molecule has 4 rings (SSSR count). The lowest BCUT2D eigenvalue weighted by Crippen LogP contribution is -2.42. The molecule has 2 aliphatic rings. The molecule has 0 radical (unpaired) electrons. The third-order valence-electron chi connectivity index (χ3n) is 6.09. The summed E-state index contributed by atoms with van der Waals surface area (Å²) in [6.45, 7) is 9.88. The number of allylic oxidation sites excluding steroid dienone is 2. The Labute approximate surface area is 157 Å². The predicted octanol–water partition coefficient (Wildman–Crippen LogP) is 6.90. The summed E-state index contributed by atoms with van der Waals surface area (Å²) >= 11 is 1.87. The fraction of sp³-hybridized carbons (Fsp3) is 0.304. The Kier molecular flexibility index (Phi) is 4.08. The highest BCUT2D eigenvalue weighted by Gasteiger charge is 2.46. The summed E-state index contributed by atoms with van der Waals surface area (Å²) < 4.78 is 0. The Bertz CT molecular complexity index is 904. The van der Waals surface area contributed by atoms with Crippen molar-refractivity contribution in [2.24, 2.45) is 0 Å². The van der Waals surface area contributed by atoms with E-state index in [0.717, 1.165) is 0 Å². The number of rotatable bonds is 3. The Morgan fingerprint density at radius 1 is 0.800 bits per heavy atom. The summed E-state index contributed by atoms with van der Waals surface area (Å²) in [6, 6.07) is 15.9. The molecule has 0 aliphatic heterocycles. The number of benzene rings is 2. The number of fused-ring (bicyclic) bond motifs is 2. The molecule has 2 atom stereocenters. The van der Waals surface area contributed by atoms with Crippen LogP contribution in [0.25, 0.3) is 12.2 Å². The van der Waals surface area contributed by atoms with Crippen LogP contribution in [0, 0.1) is 0 Å². The van der Waals surface area contributed by atoms with Crippen molar-refractivity contribution in [1.29, 1.82) is 0 Å². The molecule has 2 heteroatoms. The fourth-order valence-electron chi connectivity index (χ4n) is 5.32. The van der Waals surface area contributed by atoms with E-state index in [1.54, 1.807) is 22.3 Å². The molecule has 0 aromatic heterocycles. The highest BCUT2D eigenvalue weighted by atomic mass is 32.2. The molecule has 2 unspecified atom stereocenters. The monoisotopic (exact) mass is 362 g/mol. The summed E-state index contributed by atoms with van der Waals surface area (Å²) in [4.78, 5) is 1.42. The Hall–Kier alpha value is -1.51. The van der Waals surface area contributed by atoms with Crippen LogP contribution in [0.5, 0.6) is 0 Å². The van der Waals surface area contributed by atoms with E-state index in [-0.39, 0.29) is 0 Å². The van der Waals surface area contributed by atoms with Crippen molar-refractivity contribution < 1.29 is 0 Å². The van der Waals surface area contributed by atoms with E-state index in [1.165, 1.54) is 16.0 Å². The normalized spacial score (nSPS) is 21.6. The van der Waals surface area contributed by atoms with Gasteiger partial charge in [-0.05, 0) is 48.4 Å². The van der Waals surface area contributed by atoms with E-state index < -0.39 is 8.07 Å². The maximum Gasteiger partial charge on any atom is 0.0722 e. The van der Waals surface area contributed by atoms with Gasteiger partial charge in [0.05, 0.1) is 8.07 Å². The van der Waals surface area contributed by atoms with Crippen LogP contribution >= 0.6 is 11.8 Å². The molecule has 0 heterocycles. The van der Waals surface area contributed by atoms with Gasteiger partial charge in [0.25, 0.3) is 0 Å². The van der Waals surface area contributed by atoms with Gasteiger partial charge in [-0.2, -0.15) is 0 Å². The van der Waals surface area contributed by atoms with Crippen LogP contribution in [0.15, 0.2) is 58.5 Å². The zero-order chi connectivity index (χ0) is 17.8. The molecule has 0 amide bonds. The van der Waals surface area contributed by atoms with E-state index in [9.17, 15) is 0 Å². The minimum Gasteiger partial charge on any atom is -0.129 e. The Morgan fingerprint density at radius 3 is 2.20 bits per heavy atom. The zero-order valence-electron chi connectivity index (χ0n) is 15.8. The van der Waals surface area contributed by atoms with Crippen LogP contribution in [0.3, 0.4) is 0 Å². The first-order valence-electron chi connectivity index (χ1n) is 9.07. The molecule has 0 bridgehead atoms. The summed E-state index contributed by atoms with van der Waals surface area (Å²) in [6.07, 6.45) is 7.07.